The first-order chi connectivity index (χ1) is 16.9. The number of aliphatic hydroxyl groups is 1. The molecular weight excluding hydrogens is 455 g/mol. The molecule has 0 saturated heterocycles. The summed E-state index contributed by atoms with van der Waals surface area (Å²) in [7, 11) is 3.01. The molecule has 1 aromatic carbocycles. The Morgan fingerprint density at radius 1 is 1.20 bits per heavy atom. The monoisotopic (exact) mass is 482 g/mol. The van der Waals surface area contributed by atoms with Gasteiger partial charge in [-0.1, -0.05) is 12.1 Å². The third kappa shape index (κ3) is 5.37. The van der Waals surface area contributed by atoms with Gasteiger partial charge in [0, 0.05) is 25.2 Å². The average Bonchev–Trinajstić information content (AvgIpc) is 2.86. The fourth-order valence-corrected chi connectivity index (χ4v) is 3.94. The molecule has 0 aliphatic carbocycles. The molecule has 1 aliphatic heterocycles. The molecule has 0 saturated carbocycles. The van der Waals surface area contributed by atoms with Gasteiger partial charge in [0.25, 0.3) is 0 Å². The Labute approximate surface area is 202 Å². The van der Waals surface area contributed by atoms with Crippen molar-refractivity contribution in [3.05, 3.63) is 64.7 Å². The number of fused-ring (bicyclic) bond motifs is 1. The summed E-state index contributed by atoms with van der Waals surface area (Å²) >= 11 is 0. The van der Waals surface area contributed by atoms with Gasteiger partial charge in [-0.25, -0.2) is 24.8 Å². The molecule has 2 atom stereocenters. The van der Waals surface area contributed by atoms with Crippen LogP contribution in [0.4, 0.5) is 10.3 Å². The number of rotatable bonds is 8. The van der Waals surface area contributed by atoms with Crippen molar-refractivity contribution in [2.75, 3.05) is 33.2 Å². The van der Waals surface area contributed by atoms with Crippen LogP contribution in [0.25, 0.3) is 11.3 Å². The Bertz CT molecular complexity index is 1230. The van der Waals surface area contributed by atoms with Gasteiger partial charge in [-0.15, -0.1) is 0 Å². The molecule has 2 aromatic heterocycles. The number of halogens is 1. The topological polar surface area (TPSA) is 137 Å². The molecule has 0 radical (unpaired) electrons. The Kier molecular flexibility index (Phi) is 7.49. The van der Waals surface area contributed by atoms with Gasteiger partial charge in [0.2, 0.25) is 11.8 Å². The van der Waals surface area contributed by atoms with Crippen molar-refractivity contribution >= 4 is 11.8 Å². The number of hydroxylamine groups is 1. The molecule has 11 heteroatoms. The van der Waals surface area contributed by atoms with Gasteiger partial charge in [0.15, 0.2) is 5.84 Å². The molecular formula is C24H27FN6O4. The van der Waals surface area contributed by atoms with Gasteiger partial charge in [0.1, 0.15) is 18.5 Å². The summed E-state index contributed by atoms with van der Waals surface area (Å²) < 4.78 is 24.7. The lowest BCUT2D eigenvalue weighted by Gasteiger charge is -2.26. The van der Waals surface area contributed by atoms with Crippen LogP contribution in [-0.4, -0.2) is 59.4 Å². The number of hydrogen-bond acceptors (Lipinski definition) is 10. The number of amidine groups is 1. The van der Waals surface area contributed by atoms with Gasteiger partial charge in [0.05, 0.1) is 42.4 Å². The lowest BCUT2D eigenvalue weighted by Crippen LogP contribution is -2.35. The van der Waals surface area contributed by atoms with Crippen molar-refractivity contribution in [1.82, 2.24) is 20.4 Å². The summed E-state index contributed by atoms with van der Waals surface area (Å²) in [6, 6.07) is 9.36. The van der Waals surface area contributed by atoms with Crippen molar-refractivity contribution in [2.45, 2.75) is 25.5 Å². The number of nitrogens with zero attached hydrogens (tertiary/aromatic N) is 4. The molecule has 0 spiro atoms. The summed E-state index contributed by atoms with van der Waals surface area (Å²) in [5, 5.41) is 9.34. The normalized spacial score (nSPS) is 15.8. The number of benzene rings is 1. The minimum absolute atomic E-state index is 0.0798. The Morgan fingerprint density at radius 2 is 2.03 bits per heavy atom. The number of hydrogen-bond donors (Lipinski definition) is 3. The fraction of sp³-hybridized carbons (Fsp3) is 0.333. The molecule has 4 N–H and O–H groups in total. The molecule has 0 amide bonds. The molecule has 3 heterocycles. The average molecular weight is 483 g/mol. The summed E-state index contributed by atoms with van der Waals surface area (Å²) in [6.07, 6.45) is -0.0952. The molecule has 4 rings (SSSR count). The maximum absolute atomic E-state index is 14.3. The van der Waals surface area contributed by atoms with E-state index in [-0.39, 0.29) is 19.2 Å². The first kappa shape index (κ1) is 24.5. The molecule has 10 nitrogen and oxygen atoms in total. The number of methoxy groups -OCH3 is 2. The largest absolute Gasteiger partial charge is 0.481 e. The highest BCUT2D eigenvalue weighted by molar-refractivity contribution is 6.01. The van der Waals surface area contributed by atoms with Crippen molar-refractivity contribution in [1.29, 1.82) is 0 Å². The van der Waals surface area contributed by atoms with Crippen LogP contribution < -0.4 is 16.0 Å². The number of pyridine rings is 1. The highest BCUT2D eigenvalue weighted by Gasteiger charge is 2.29. The van der Waals surface area contributed by atoms with Crippen molar-refractivity contribution in [2.24, 2.45) is 4.99 Å². The van der Waals surface area contributed by atoms with Crippen LogP contribution in [0, 0.1) is 12.7 Å². The number of anilines is 1. The number of aliphatic hydroxyl groups excluding tert-OH is 1. The van der Waals surface area contributed by atoms with E-state index in [9.17, 15) is 9.50 Å². The van der Waals surface area contributed by atoms with Crippen LogP contribution in [0.3, 0.4) is 0 Å². The molecule has 184 valence electrons. The standard InChI is InChI=1S/C24H27FN6O4/c1-13-22-20(30-24(26)27-13)10-19(29-23(22)31-35-12-15(11-32)33-2)16-8-7-14(25)9-17(16)18-5-4-6-21(28-18)34-3/h4-9,15,19,32H,10-12H2,1-3H3,(H,29,31)(H2,26,27,30). The number of aliphatic imine (C=N–C) groups is 1. The smallest absolute Gasteiger partial charge is 0.220 e. The van der Waals surface area contributed by atoms with Gasteiger partial charge >= 0.3 is 0 Å². The molecule has 3 aromatic rings. The minimum Gasteiger partial charge on any atom is -0.481 e. The van der Waals surface area contributed by atoms with Crippen LogP contribution in [0.1, 0.15) is 28.6 Å². The lowest BCUT2D eigenvalue weighted by molar-refractivity contribution is -0.0375. The number of nitrogen functional groups attached to an aromatic ring is 1. The number of nitrogens with one attached hydrogen (secondary N) is 1. The Morgan fingerprint density at radius 3 is 2.77 bits per heavy atom. The predicted molar refractivity (Wildman–Crippen MR) is 127 cm³/mol. The zero-order valence-electron chi connectivity index (χ0n) is 19.7. The predicted octanol–water partition coefficient (Wildman–Crippen LogP) is 2.15. The van der Waals surface area contributed by atoms with E-state index >= 15 is 0 Å². The minimum atomic E-state index is -0.506. The zero-order chi connectivity index (χ0) is 24.9. The number of aryl methyl sites for hydroxylation is 1. The maximum atomic E-state index is 14.3. The lowest BCUT2D eigenvalue weighted by atomic mass is 9.91. The Hall–Kier alpha value is -3.67. The van der Waals surface area contributed by atoms with E-state index in [0.29, 0.717) is 46.3 Å². The van der Waals surface area contributed by atoms with Crippen molar-refractivity contribution < 1.29 is 23.8 Å². The second kappa shape index (κ2) is 10.7. The maximum Gasteiger partial charge on any atom is 0.220 e. The van der Waals surface area contributed by atoms with E-state index in [1.165, 1.54) is 26.4 Å². The van der Waals surface area contributed by atoms with Gasteiger partial charge in [-0.3, -0.25) is 9.83 Å². The molecule has 2 unspecified atom stereocenters. The fourth-order valence-electron chi connectivity index (χ4n) is 3.94. The van der Waals surface area contributed by atoms with E-state index in [4.69, 9.17) is 25.0 Å². The van der Waals surface area contributed by atoms with Gasteiger partial charge in [-0.05, 0) is 30.7 Å². The van der Waals surface area contributed by atoms with Gasteiger partial charge < -0.3 is 20.3 Å². The van der Waals surface area contributed by atoms with E-state index < -0.39 is 18.0 Å². The number of ether oxygens (including phenoxy) is 2. The molecule has 35 heavy (non-hydrogen) atoms. The van der Waals surface area contributed by atoms with Crippen molar-refractivity contribution in [3.63, 3.8) is 0 Å². The van der Waals surface area contributed by atoms with Crippen LogP contribution in [0.2, 0.25) is 0 Å². The number of aromatic nitrogens is 3. The third-order valence-corrected chi connectivity index (χ3v) is 5.65. The molecule has 1 aliphatic rings. The third-order valence-electron chi connectivity index (χ3n) is 5.65. The summed E-state index contributed by atoms with van der Waals surface area (Å²) in [5.41, 5.74) is 12.7. The van der Waals surface area contributed by atoms with Crippen LogP contribution >= 0.6 is 0 Å². The first-order valence-electron chi connectivity index (χ1n) is 11.0. The Balaban J connectivity index is 1.76. The first-order valence-corrected chi connectivity index (χ1v) is 11.0. The summed E-state index contributed by atoms with van der Waals surface area (Å²) in [6.45, 7) is 1.69. The summed E-state index contributed by atoms with van der Waals surface area (Å²) in [4.78, 5) is 23.6. The van der Waals surface area contributed by atoms with Crippen LogP contribution in [0.15, 0.2) is 41.4 Å². The quantitative estimate of drug-likeness (QED) is 0.412. The molecule has 0 fully saturated rings. The molecule has 0 bridgehead atoms. The van der Waals surface area contributed by atoms with E-state index in [1.54, 1.807) is 24.3 Å². The number of nitrogens with two attached hydrogens (primary N) is 1. The van der Waals surface area contributed by atoms with Crippen molar-refractivity contribution in [3.8, 4) is 17.1 Å². The van der Waals surface area contributed by atoms with E-state index in [0.717, 1.165) is 5.56 Å². The summed E-state index contributed by atoms with van der Waals surface area (Å²) in [5.74, 6) is 0.567. The van der Waals surface area contributed by atoms with E-state index in [2.05, 4.69) is 20.4 Å². The zero-order valence-corrected chi connectivity index (χ0v) is 19.7. The van der Waals surface area contributed by atoms with Crippen LogP contribution in [0.5, 0.6) is 5.88 Å². The van der Waals surface area contributed by atoms with Gasteiger partial charge in [-0.2, -0.15) is 0 Å². The van der Waals surface area contributed by atoms with E-state index in [1.807, 2.05) is 6.92 Å². The highest BCUT2D eigenvalue weighted by atomic mass is 19.1. The second-order valence-electron chi connectivity index (χ2n) is 7.94. The second-order valence-corrected chi connectivity index (χ2v) is 7.94. The van der Waals surface area contributed by atoms with Crippen LogP contribution in [-0.2, 0) is 16.0 Å². The SMILES string of the molecule is COc1cccc(-c2cc(F)ccc2C2Cc3nc(N)nc(C)c3C(NOCC(CO)OC)=N2)n1. The highest BCUT2D eigenvalue weighted by Crippen LogP contribution is 2.36.